The second kappa shape index (κ2) is 13.4. The van der Waals surface area contributed by atoms with Crippen LogP contribution in [-0.2, 0) is 16.0 Å². The van der Waals surface area contributed by atoms with E-state index in [2.05, 4.69) is 6.92 Å². The van der Waals surface area contributed by atoms with Crippen molar-refractivity contribution in [3.05, 3.63) is 150 Å². The second-order valence-corrected chi connectivity index (χ2v) is 13.3. The van der Waals surface area contributed by atoms with Gasteiger partial charge in [-0.25, -0.2) is 4.39 Å². The molecule has 6 nitrogen and oxygen atoms in total. The smallest absolute Gasteiger partial charge is 0.356 e. The van der Waals surface area contributed by atoms with Crippen molar-refractivity contribution in [3.63, 3.8) is 0 Å². The first-order valence-electron chi connectivity index (χ1n) is 15.3. The molecule has 0 spiro atoms. The Morgan fingerprint density at radius 1 is 0.826 bits per heavy atom. The van der Waals surface area contributed by atoms with Crippen molar-refractivity contribution in [1.29, 1.82) is 0 Å². The number of para-hydroxylation sites is 1. The lowest BCUT2D eigenvalue weighted by Gasteiger charge is -2.48. The lowest BCUT2D eigenvalue weighted by Crippen LogP contribution is -2.55. The Hall–Kier alpha value is -4.55. The summed E-state index contributed by atoms with van der Waals surface area (Å²) in [6, 6.07) is 37.9. The molecular formula is C38H35FNO5P. The Morgan fingerprint density at radius 2 is 1.46 bits per heavy atom. The predicted octanol–water partition coefficient (Wildman–Crippen LogP) is 8.16. The van der Waals surface area contributed by atoms with E-state index in [4.69, 9.17) is 4.74 Å². The fourth-order valence-corrected chi connectivity index (χ4v) is 6.65. The number of halogens is 1. The molecule has 1 aliphatic rings. The first kappa shape index (κ1) is 31.4. The van der Waals surface area contributed by atoms with E-state index in [0.717, 1.165) is 39.9 Å². The Morgan fingerprint density at radius 3 is 2.11 bits per heavy atom. The minimum absolute atomic E-state index is 0.0439. The summed E-state index contributed by atoms with van der Waals surface area (Å²) in [7, 11) is -4.37. The fourth-order valence-electron chi connectivity index (χ4n) is 6.12. The summed E-state index contributed by atoms with van der Waals surface area (Å²) in [4.78, 5) is 34.8. The van der Waals surface area contributed by atoms with Crippen LogP contribution < -0.4 is 14.9 Å². The maximum Gasteiger partial charge on any atom is 0.356 e. The van der Waals surface area contributed by atoms with Gasteiger partial charge < -0.3 is 19.4 Å². The number of nitrogens with zero attached hydrogens (tertiary/aromatic N) is 1. The van der Waals surface area contributed by atoms with Crippen LogP contribution in [0.4, 0.5) is 10.1 Å². The van der Waals surface area contributed by atoms with Gasteiger partial charge in [-0.15, -0.1) is 0 Å². The molecule has 0 radical (unpaired) electrons. The zero-order chi connectivity index (χ0) is 32.3. The van der Waals surface area contributed by atoms with Gasteiger partial charge in [-0.1, -0.05) is 91.9 Å². The van der Waals surface area contributed by atoms with Gasteiger partial charge in [0.25, 0.3) is 0 Å². The fraction of sp³-hybridized carbons (Fsp3) is 0.184. The number of rotatable bonds is 11. The number of carbonyl (C=O) groups excluding carboxylic acids is 1. The number of ether oxygens (including phenoxy) is 1. The highest BCUT2D eigenvalue weighted by Crippen LogP contribution is 2.49. The molecule has 46 heavy (non-hydrogen) atoms. The van der Waals surface area contributed by atoms with Crippen molar-refractivity contribution < 1.29 is 28.3 Å². The zero-order valence-electron chi connectivity index (χ0n) is 25.4. The molecule has 1 amide bonds. The average molecular weight is 636 g/mol. The Labute approximate surface area is 268 Å². The van der Waals surface area contributed by atoms with E-state index < -0.39 is 7.60 Å². The minimum atomic E-state index is -4.37. The number of β-lactam (4-membered cyclic amide) rings is 1. The van der Waals surface area contributed by atoms with E-state index >= 15 is 0 Å². The highest BCUT2D eigenvalue weighted by molar-refractivity contribution is 7.60. The third-order valence-corrected chi connectivity index (χ3v) is 9.68. The number of anilines is 1. The van der Waals surface area contributed by atoms with Crippen LogP contribution in [0.25, 0.3) is 11.1 Å². The van der Waals surface area contributed by atoms with Gasteiger partial charge in [0, 0.05) is 11.3 Å². The first-order valence-corrected chi connectivity index (χ1v) is 16.9. The van der Waals surface area contributed by atoms with Crippen molar-refractivity contribution in [2.45, 2.75) is 38.3 Å². The van der Waals surface area contributed by atoms with Crippen molar-refractivity contribution in [2.75, 3.05) is 4.90 Å². The molecule has 0 aliphatic carbocycles. The molecular weight excluding hydrogens is 600 g/mol. The summed E-state index contributed by atoms with van der Waals surface area (Å²) in [5, 5.41) is -0.0439. The van der Waals surface area contributed by atoms with Crippen LogP contribution in [0.15, 0.2) is 127 Å². The zero-order valence-corrected chi connectivity index (χ0v) is 26.3. The molecule has 2 N–H and O–H groups in total. The Balaban J connectivity index is 1.36. The monoisotopic (exact) mass is 635 g/mol. The lowest BCUT2D eigenvalue weighted by atomic mass is 9.76. The van der Waals surface area contributed by atoms with Gasteiger partial charge in [0.2, 0.25) is 5.91 Å². The number of hydrogen-bond acceptors (Lipinski definition) is 3. The van der Waals surface area contributed by atoms with Crippen molar-refractivity contribution in [2.24, 2.45) is 5.92 Å². The van der Waals surface area contributed by atoms with Crippen LogP contribution in [0.3, 0.4) is 0 Å². The van der Waals surface area contributed by atoms with E-state index in [1.54, 1.807) is 24.3 Å². The molecule has 8 heteroatoms. The number of amides is 1. The summed E-state index contributed by atoms with van der Waals surface area (Å²) in [5.74, 6) is 0.277. The van der Waals surface area contributed by atoms with Crippen molar-refractivity contribution >= 4 is 24.5 Å². The molecule has 1 saturated heterocycles. The van der Waals surface area contributed by atoms with Gasteiger partial charge in [-0.05, 0) is 83.5 Å². The summed E-state index contributed by atoms with van der Waals surface area (Å²) < 4.78 is 31.8. The first-order chi connectivity index (χ1) is 22.2. The Bertz CT molecular complexity index is 1840. The van der Waals surface area contributed by atoms with E-state index in [-0.39, 0.29) is 34.9 Å². The third-order valence-electron chi connectivity index (χ3n) is 8.70. The van der Waals surface area contributed by atoms with Gasteiger partial charge in [0.15, 0.2) is 0 Å². The molecule has 0 saturated carbocycles. The molecule has 5 aromatic rings. The summed E-state index contributed by atoms with van der Waals surface area (Å²) in [6.45, 7) is 2.42. The molecule has 6 rings (SSSR count). The topological polar surface area (TPSA) is 87.1 Å². The minimum Gasteiger partial charge on any atom is -0.489 e. The standard InChI is InChI=1S/C38H35FNO5P/c1-26(28-13-18-31(39)19-14-28)12-22-35-37(40(38(35)41)32-10-6-3-7-11-32)34-23-17-30(29-15-20-33(21-16-29)46(42,43)44)24-36(34)45-25-27-8-4-2-5-9-27/h2-11,13-21,23-24,26,35,37H,12,22,25H2,1H3,(H2,42,43,44)/t26-,35+,37+/m0/s1. The molecule has 0 aromatic heterocycles. The van der Waals surface area contributed by atoms with Crippen molar-refractivity contribution in [3.8, 4) is 16.9 Å². The molecule has 1 fully saturated rings. The normalized spacial score (nSPS) is 17.0. The van der Waals surface area contributed by atoms with Crippen LogP contribution in [-0.4, -0.2) is 15.7 Å². The molecule has 0 unspecified atom stereocenters. The summed E-state index contributed by atoms with van der Waals surface area (Å²) in [6.07, 6.45) is 1.40. The van der Waals surface area contributed by atoms with Crippen LogP contribution in [0.1, 0.15) is 48.4 Å². The highest BCUT2D eigenvalue weighted by Gasteiger charge is 2.49. The van der Waals surface area contributed by atoms with Gasteiger partial charge in [-0.3, -0.25) is 9.36 Å². The Kier molecular flexibility index (Phi) is 9.18. The number of carbonyl (C=O) groups is 1. The quantitative estimate of drug-likeness (QED) is 0.113. The van der Waals surface area contributed by atoms with E-state index in [1.807, 2.05) is 83.8 Å². The maximum atomic E-state index is 13.8. The van der Waals surface area contributed by atoms with Crippen LogP contribution >= 0.6 is 7.60 Å². The molecule has 0 bridgehead atoms. The van der Waals surface area contributed by atoms with E-state index in [0.29, 0.717) is 18.8 Å². The molecule has 1 heterocycles. The predicted molar refractivity (Wildman–Crippen MR) is 179 cm³/mol. The number of benzene rings is 5. The van der Waals surface area contributed by atoms with Crippen LogP contribution in [0.2, 0.25) is 0 Å². The van der Waals surface area contributed by atoms with Crippen molar-refractivity contribution in [1.82, 2.24) is 0 Å². The molecule has 5 aromatic carbocycles. The van der Waals surface area contributed by atoms with Crippen LogP contribution in [0, 0.1) is 11.7 Å². The number of hydrogen-bond donors (Lipinski definition) is 2. The average Bonchev–Trinajstić information content (AvgIpc) is 3.07. The second-order valence-electron chi connectivity index (χ2n) is 11.7. The summed E-state index contributed by atoms with van der Waals surface area (Å²) >= 11 is 0. The molecule has 3 atom stereocenters. The van der Waals surface area contributed by atoms with Crippen LogP contribution in [0.5, 0.6) is 5.75 Å². The van der Waals surface area contributed by atoms with E-state index in [1.165, 1.54) is 24.3 Å². The lowest BCUT2D eigenvalue weighted by molar-refractivity contribution is -0.130. The molecule has 234 valence electrons. The SMILES string of the molecule is C[C@@H](CC[C@H]1C(=O)N(c2ccccc2)[C@@H]1c1ccc(-c2ccc(P(=O)(O)O)cc2)cc1OCc1ccccc1)c1ccc(F)cc1. The highest BCUT2D eigenvalue weighted by atomic mass is 31.2. The van der Waals surface area contributed by atoms with Gasteiger partial charge in [-0.2, -0.15) is 0 Å². The largest absolute Gasteiger partial charge is 0.489 e. The molecule has 1 aliphatic heterocycles. The maximum absolute atomic E-state index is 13.8. The van der Waals surface area contributed by atoms with Gasteiger partial charge in [0.05, 0.1) is 17.3 Å². The summed E-state index contributed by atoms with van der Waals surface area (Å²) in [5.41, 5.74) is 5.33. The van der Waals surface area contributed by atoms with Gasteiger partial charge in [0.1, 0.15) is 18.2 Å². The van der Waals surface area contributed by atoms with Gasteiger partial charge >= 0.3 is 7.60 Å². The van der Waals surface area contributed by atoms with E-state index in [9.17, 15) is 23.5 Å². The third kappa shape index (κ3) is 6.82.